The molecule has 13 nitrogen and oxygen atoms in total. The number of hydrogen-bond donors (Lipinski definition) is 5. The molecule has 8 heterocycles. The van der Waals surface area contributed by atoms with Crippen LogP contribution in [0.1, 0.15) is 36.1 Å². The van der Waals surface area contributed by atoms with E-state index in [1.54, 1.807) is 12.4 Å². The van der Waals surface area contributed by atoms with Crippen LogP contribution in [0.15, 0.2) is 91.4 Å². The van der Waals surface area contributed by atoms with Gasteiger partial charge in [0.1, 0.15) is 34.3 Å². The lowest BCUT2D eigenvalue weighted by Gasteiger charge is -2.31. The van der Waals surface area contributed by atoms with Crippen LogP contribution < -0.4 is 20.4 Å². The van der Waals surface area contributed by atoms with Crippen molar-refractivity contribution in [2.24, 2.45) is 0 Å². The summed E-state index contributed by atoms with van der Waals surface area (Å²) < 4.78 is 0. The number of fused-ring (bicyclic) bond motifs is 4. The van der Waals surface area contributed by atoms with Gasteiger partial charge in [-0.1, -0.05) is 18.2 Å². The third-order valence-electron chi connectivity index (χ3n) is 10.1. The number of aromatic amines is 2. The van der Waals surface area contributed by atoms with Crippen molar-refractivity contribution in [1.82, 2.24) is 39.9 Å². The van der Waals surface area contributed by atoms with E-state index in [1.165, 1.54) is 28.3 Å². The smallest absolute Gasteiger partial charge is 0.182 e. The highest BCUT2D eigenvalue weighted by Crippen LogP contribution is 2.23. The Kier molecular flexibility index (Phi) is 9.05. The average Bonchev–Trinajstić information content (AvgIpc) is 3.80. The van der Waals surface area contributed by atoms with Crippen LogP contribution in [0.2, 0.25) is 0 Å². The maximum Gasteiger partial charge on any atom is 0.182 e. The first kappa shape index (κ1) is 33.5. The molecule has 5 N–H and O–H groups in total. The Hall–Kier alpha value is -6.34. The molecule has 0 atom stereocenters. The van der Waals surface area contributed by atoms with Crippen molar-refractivity contribution in [3.8, 4) is 0 Å². The van der Waals surface area contributed by atoms with E-state index in [9.17, 15) is 5.11 Å². The fourth-order valence-electron chi connectivity index (χ4n) is 6.97. The number of piperidine rings is 1. The number of aliphatic hydroxyl groups excluding tert-OH is 1. The maximum absolute atomic E-state index is 9.72. The molecule has 0 bridgehead atoms. The van der Waals surface area contributed by atoms with Crippen LogP contribution in [0.25, 0.3) is 44.1 Å². The number of anilines is 4. The van der Waals surface area contributed by atoms with Crippen molar-refractivity contribution >= 4 is 67.4 Å². The van der Waals surface area contributed by atoms with Gasteiger partial charge in [-0.2, -0.15) is 0 Å². The number of H-pyrrole nitrogens is 2. The van der Waals surface area contributed by atoms with Gasteiger partial charge >= 0.3 is 0 Å². The summed E-state index contributed by atoms with van der Waals surface area (Å²) in [5.41, 5.74) is 8.76. The molecule has 0 unspecified atom stereocenters. The van der Waals surface area contributed by atoms with Gasteiger partial charge in [0.05, 0.1) is 18.5 Å². The van der Waals surface area contributed by atoms with Gasteiger partial charge in [0.25, 0.3) is 0 Å². The lowest BCUT2D eigenvalue weighted by atomic mass is 10.1. The predicted molar refractivity (Wildman–Crippen MR) is 215 cm³/mol. The quantitative estimate of drug-likeness (QED) is 0.114. The van der Waals surface area contributed by atoms with Crippen LogP contribution in [0, 0.1) is 6.92 Å². The number of nitrogens with zero attached hydrogens (tertiary/aromatic N) is 8. The minimum Gasteiger partial charge on any atom is -0.393 e. The number of aromatic nitrogens is 8. The summed E-state index contributed by atoms with van der Waals surface area (Å²) in [6, 6.07) is 25.0. The van der Waals surface area contributed by atoms with Crippen LogP contribution in [-0.2, 0) is 13.1 Å². The predicted octanol–water partition coefficient (Wildman–Crippen LogP) is 6.72. The fraction of sp³-hybridized carbons (Fsp3) is 0.268. The van der Waals surface area contributed by atoms with Gasteiger partial charge in [0.2, 0.25) is 0 Å². The number of hydrogen-bond acceptors (Lipinski definition) is 11. The molecule has 2 aliphatic heterocycles. The molecule has 2 aromatic carbocycles. The molecular weight excluding hydrogens is 677 g/mol. The number of aryl methyl sites for hydroxylation is 1. The number of aliphatic hydroxyl groups is 1. The molecule has 0 spiro atoms. The van der Waals surface area contributed by atoms with E-state index in [1.807, 2.05) is 30.5 Å². The van der Waals surface area contributed by atoms with Crippen LogP contribution in [0.3, 0.4) is 0 Å². The normalized spacial score (nSPS) is 14.7. The Labute approximate surface area is 311 Å². The second-order valence-corrected chi connectivity index (χ2v) is 14.1. The summed E-state index contributed by atoms with van der Waals surface area (Å²) in [5, 5.41) is 18.9. The lowest BCUT2D eigenvalue weighted by Crippen LogP contribution is -2.37. The van der Waals surface area contributed by atoms with Gasteiger partial charge in [-0.3, -0.25) is 0 Å². The van der Waals surface area contributed by atoms with Crippen molar-refractivity contribution in [3.05, 3.63) is 108 Å². The highest BCUT2D eigenvalue weighted by atomic mass is 16.3. The van der Waals surface area contributed by atoms with Crippen molar-refractivity contribution in [1.29, 1.82) is 0 Å². The first-order valence-corrected chi connectivity index (χ1v) is 18.6. The number of nitrogens with one attached hydrogen (secondary N) is 4. The zero-order valence-electron chi connectivity index (χ0n) is 30.1. The number of pyridine rings is 2. The fourth-order valence-corrected chi connectivity index (χ4v) is 6.97. The molecule has 272 valence electrons. The van der Waals surface area contributed by atoms with Crippen molar-refractivity contribution < 1.29 is 5.11 Å². The van der Waals surface area contributed by atoms with Crippen LogP contribution in [0.4, 0.5) is 23.3 Å². The van der Waals surface area contributed by atoms with Crippen LogP contribution >= 0.6 is 0 Å². The number of rotatable bonds is 8. The van der Waals surface area contributed by atoms with Crippen LogP contribution in [0.5, 0.6) is 0 Å². The molecule has 2 aliphatic rings. The third kappa shape index (κ3) is 7.30. The van der Waals surface area contributed by atoms with Crippen LogP contribution in [-0.4, -0.2) is 77.3 Å². The molecule has 8 aromatic rings. The standard InChI is InChI=1S/C22H24N6O.C19H18N6/c1-14-10-16-11-15(2-3-18(16)25-14)12-24-20-13-23-19-4-5-21(27-22(19)26-20)28-8-6-17(29)7-9-28;1-8-25(9-1)18-5-4-15-19(24-18)23-17(12-21-15)22-11-13-2-3-14-6-7-20-16(14)10-13/h2-5,10-11,13,17,25,29H,6-9,12H2,1H3,(H,24,26,27);2-7,10,12,20H,1,8-9,11H2,(H,22,23,24). The van der Waals surface area contributed by atoms with Crippen molar-refractivity contribution in [3.63, 3.8) is 0 Å². The Morgan fingerprint density at radius 1 is 0.667 bits per heavy atom. The Morgan fingerprint density at radius 2 is 1.30 bits per heavy atom. The molecule has 10 rings (SSSR count). The van der Waals surface area contributed by atoms with Gasteiger partial charge in [-0.05, 0) is 103 Å². The monoisotopic (exact) mass is 718 g/mol. The van der Waals surface area contributed by atoms with Gasteiger partial charge < -0.3 is 35.5 Å². The van der Waals surface area contributed by atoms with E-state index < -0.39 is 0 Å². The summed E-state index contributed by atoms with van der Waals surface area (Å²) >= 11 is 0. The Balaban J connectivity index is 0.000000144. The molecule has 13 heteroatoms. The van der Waals surface area contributed by atoms with E-state index in [4.69, 9.17) is 4.98 Å². The van der Waals surface area contributed by atoms with E-state index in [0.29, 0.717) is 30.2 Å². The second-order valence-electron chi connectivity index (χ2n) is 14.1. The molecule has 2 fully saturated rings. The highest BCUT2D eigenvalue weighted by Gasteiger charge is 2.19. The molecule has 54 heavy (non-hydrogen) atoms. The Morgan fingerprint density at radius 3 is 1.94 bits per heavy atom. The maximum atomic E-state index is 9.72. The SMILES string of the molecule is Cc1cc2cc(CNc3cnc4ccc(N5CCC(O)CC5)nc4n3)ccc2[nH]1.c1cc2ccc(CNc3cnc4ccc(N5CCC5)nc4n3)cc2[nH]1. The summed E-state index contributed by atoms with van der Waals surface area (Å²) in [6.07, 6.45) is 8.06. The topological polar surface area (TPSA) is 160 Å². The lowest BCUT2D eigenvalue weighted by molar-refractivity contribution is 0.145. The molecular formula is C41H42N12O. The molecule has 2 saturated heterocycles. The first-order chi connectivity index (χ1) is 26.5. The van der Waals surface area contributed by atoms with Crippen molar-refractivity contribution in [2.75, 3.05) is 46.6 Å². The summed E-state index contributed by atoms with van der Waals surface area (Å²) in [7, 11) is 0. The van der Waals surface area contributed by atoms with E-state index in [0.717, 1.165) is 84.2 Å². The third-order valence-corrected chi connectivity index (χ3v) is 10.1. The largest absolute Gasteiger partial charge is 0.393 e. The van der Waals surface area contributed by atoms with Crippen molar-refractivity contribution in [2.45, 2.75) is 45.4 Å². The molecule has 0 amide bonds. The van der Waals surface area contributed by atoms with Gasteiger partial charge in [-0.15, -0.1) is 0 Å². The van der Waals surface area contributed by atoms with E-state index in [2.05, 4.69) is 111 Å². The zero-order valence-corrected chi connectivity index (χ0v) is 30.1. The average molecular weight is 719 g/mol. The molecule has 0 radical (unpaired) electrons. The molecule has 0 saturated carbocycles. The molecule has 6 aromatic heterocycles. The van der Waals surface area contributed by atoms with Gasteiger partial charge in [0.15, 0.2) is 11.3 Å². The molecule has 0 aliphatic carbocycles. The Bertz CT molecular complexity index is 2570. The summed E-state index contributed by atoms with van der Waals surface area (Å²) in [4.78, 5) is 38.6. The number of benzene rings is 2. The van der Waals surface area contributed by atoms with E-state index >= 15 is 0 Å². The minimum atomic E-state index is -0.197. The first-order valence-electron chi connectivity index (χ1n) is 18.6. The second kappa shape index (κ2) is 14.6. The summed E-state index contributed by atoms with van der Waals surface area (Å²) in [6.45, 7) is 7.20. The summed E-state index contributed by atoms with van der Waals surface area (Å²) in [5.74, 6) is 3.33. The van der Waals surface area contributed by atoms with Gasteiger partial charge in [-0.25, -0.2) is 29.9 Å². The highest BCUT2D eigenvalue weighted by molar-refractivity contribution is 5.81. The van der Waals surface area contributed by atoms with E-state index in [-0.39, 0.29) is 6.10 Å². The van der Waals surface area contributed by atoms with Gasteiger partial charge in [0, 0.05) is 62.2 Å². The minimum absolute atomic E-state index is 0.197. The zero-order chi connectivity index (χ0) is 36.4.